The van der Waals surface area contributed by atoms with E-state index in [0.717, 1.165) is 11.3 Å². The number of nitrogens with zero attached hydrogens (tertiary/aromatic N) is 1. The first-order valence-corrected chi connectivity index (χ1v) is 5.87. The average Bonchev–Trinajstić information content (AvgIpc) is 2.43. The van der Waals surface area contributed by atoms with Gasteiger partial charge >= 0.3 is 0 Å². The standard InChI is InChI=1S/C15H18N2O2/c1-4-5-6-13(17-2)14(15(16)18)11-7-9-12(19-3)10-8-11/h4-10,14H,2H2,1,3H3,(H2,16,18)/b5-4-,13-6-. The lowest BCUT2D eigenvalue weighted by atomic mass is 9.94. The Kier molecular flexibility index (Phi) is 5.54. The van der Waals surface area contributed by atoms with Crippen LogP contribution in [0.5, 0.6) is 5.75 Å². The highest BCUT2D eigenvalue weighted by atomic mass is 16.5. The Hall–Kier alpha value is -2.36. The summed E-state index contributed by atoms with van der Waals surface area (Å²) >= 11 is 0. The van der Waals surface area contributed by atoms with Crippen molar-refractivity contribution in [3.05, 3.63) is 53.8 Å². The number of amides is 1. The predicted molar refractivity (Wildman–Crippen MR) is 77.4 cm³/mol. The number of aliphatic imine (C=N–C) groups is 1. The molecule has 1 rings (SSSR count). The summed E-state index contributed by atoms with van der Waals surface area (Å²) in [5.74, 6) is -0.356. The zero-order valence-electron chi connectivity index (χ0n) is 11.2. The van der Waals surface area contributed by atoms with Crippen LogP contribution < -0.4 is 10.5 Å². The van der Waals surface area contributed by atoms with Gasteiger partial charge in [0.25, 0.3) is 0 Å². The van der Waals surface area contributed by atoms with Gasteiger partial charge in [-0.15, -0.1) is 0 Å². The second-order valence-corrected chi connectivity index (χ2v) is 3.88. The third-order valence-corrected chi connectivity index (χ3v) is 2.67. The first kappa shape index (κ1) is 14.7. The fraction of sp³-hybridized carbons (Fsp3) is 0.200. The van der Waals surface area contributed by atoms with Crippen LogP contribution in [0.25, 0.3) is 0 Å². The molecule has 0 saturated heterocycles. The van der Waals surface area contributed by atoms with Crippen molar-refractivity contribution in [3.63, 3.8) is 0 Å². The maximum absolute atomic E-state index is 11.7. The third kappa shape index (κ3) is 3.81. The molecule has 1 unspecified atom stereocenters. The number of allylic oxidation sites excluding steroid dienone is 3. The number of primary amides is 1. The smallest absolute Gasteiger partial charge is 0.231 e. The molecule has 1 atom stereocenters. The van der Waals surface area contributed by atoms with Crippen molar-refractivity contribution < 1.29 is 9.53 Å². The molecule has 0 aliphatic heterocycles. The van der Waals surface area contributed by atoms with E-state index in [4.69, 9.17) is 10.5 Å². The number of carbonyl (C=O) groups is 1. The molecule has 4 heteroatoms. The molecule has 0 aliphatic carbocycles. The van der Waals surface area contributed by atoms with Crippen LogP contribution in [0.15, 0.2) is 53.2 Å². The van der Waals surface area contributed by atoms with Gasteiger partial charge in [0, 0.05) is 0 Å². The van der Waals surface area contributed by atoms with Crippen LogP contribution in [-0.2, 0) is 4.79 Å². The minimum atomic E-state index is -0.611. The summed E-state index contributed by atoms with van der Waals surface area (Å²) in [4.78, 5) is 15.6. The molecule has 0 aliphatic rings. The second kappa shape index (κ2) is 7.16. The van der Waals surface area contributed by atoms with E-state index in [0.29, 0.717) is 5.70 Å². The summed E-state index contributed by atoms with van der Waals surface area (Å²) in [5.41, 5.74) is 6.75. The molecule has 0 spiro atoms. The number of ether oxygens (including phenoxy) is 1. The molecular formula is C15H18N2O2. The SMILES string of the molecule is C=N/C(=C\C=C/C)C(C(N)=O)c1ccc(OC)cc1. The minimum absolute atomic E-state index is 0.465. The number of nitrogens with two attached hydrogens (primary N) is 1. The van der Waals surface area contributed by atoms with Crippen LogP contribution in [0.1, 0.15) is 18.4 Å². The summed E-state index contributed by atoms with van der Waals surface area (Å²) in [6.07, 6.45) is 5.37. The highest BCUT2D eigenvalue weighted by Crippen LogP contribution is 2.26. The fourth-order valence-electron chi connectivity index (χ4n) is 1.71. The maximum Gasteiger partial charge on any atom is 0.231 e. The van der Waals surface area contributed by atoms with Crippen molar-refractivity contribution in [2.24, 2.45) is 10.7 Å². The van der Waals surface area contributed by atoms with E-state index in [1.807, 2.05) is 13.0 Å². The van der Waals surface area contributed by atoms with Gasteiger partial charge in [-0.2, -0.15) is 0 Å². The highest BCUT2D eigenvalue weighted by Gasteiger charge is 2.21. The number of hydrogen-bond acceptors (Lipinski definition) is 3. The van der Waals surface area contributed by atoms with Gasteiger partial charge in [-0.25, -0.2) is 0 Å². The van der Waals surface area contributed by atoms with Gasteiger partial charge in [0.1, 0.15) is 11.7 Å². The minimum Gasteiger partial charge on any atom is -0.497 e. The highest BCUT2D eigenvalue weighted by molar-refractivity contribution is 5.85. The lowest BCUT2D eigenvalue weighted by Crippen LogP contribution is -2.22. The molecule has 1 aromatic carbocycles. The van der Waals surface area contributed by atoms with Gasteiger partial charge < -0.3 is 10.5 Å². The van der Waals surface area contributed by atoms with E-state index >= 15 is 0 Å². The van der Waals surface area contributed by atoms with Crippen molar-refractivity contribution in [1.82, 2.24) is 0 Å². The lowest BCUT2D eigenvalue weighted by Gasteiger charge is -2.14. The lowest BCUT2D eigenvalue weighted by molar-refractivity contribution is -0.118. The van der Waals surface area contributed by atoms with E-state index in [1.165, 1.54) is 0 Å². The molecule has 100 valence electrons. The zero-order chi connectivity index (χ0) is 14.3. The van der Waals surface area contributed by atoms with Crippen LogP contribution in [-0.4, -0.2) is 19.7 Å². The molecule has 4 nitrogen and oxygen atoms in total. The molecular weight excluding hydrogens is 240 g/mol. The van der Waals surface area contributed by atoms with Gasteiger partial charge in [-0.3, -0.25) is 9.79 Å². The van der Waals surface area contributed by atoms with E-state index in [-0.39, 0.29) is 0 Å². The molecule has 1 amide bonds. The topological polar surface area (TPSA) is 64.7 Å². The van der Waals surface area contributed by atoms with Crippen LogP contribution in [0, 0.1) is 0 Å². The number of hydrogen-bond donors (Lipinski definition) is 1. The molecule has 0 bridgehead atoms. The number of rotatable bonds is 6. The first-order chi connectivity index (χ1) is 9.13. The maximum atomic E-state index is 11.7. The van der Waals surface area contributed by atoms with Crippen molar-refractivity contribution in [2.75, 3.05) is 7.11 Å². The van der Waals surface area contributed by atoms with Crippen molar-refractivity contribution in [2.45, 2.75) is 12.8 Å². The van der Waals surface area contributed by atoms with Gasteiger partial charge in [0.2, 0.25) is 5.91 Å². The van der Waals surface area contributed by atoms with Crippen LogP contribution in [0.3, 0.4) is 0 Å². The summed E-state index contributed by atoms with van der Waals surface area (Å²) < 4.78 is 5.08. The molecule has 1 aromatic rings. The normalized spacial score (nSPS) is 13.3. The van der Waals surface area contributed by atoms with Gasteiger partial charge in [0.05, 0.1) is 12.8 Å². The Balaban J connectivity index is 3.18. The Morgan fingerprint density at radius 3 is 2.47 bits per heavy atom. The van der Waals surface area contributed by atoms with E-state index in [9.17, 15) is 4.79 Å². The average molecular weight is 258 g/mol. The fourth-order valence-corrected chi connectivity index (χ4v) is 1.71. The quantitative estimate of drug-likeness (QED) is 0.629. The van der Waals surface area contributed by atoms with Gasteiger partial charge in [0.15, 0.2) is 0 Å². The van der Waals surface area contributed by atoms with Crippen molar-refractivity contribution in [3.8, 4) is 5.75 Å². The summed E-state index contributed by atoms with van der Waals surface area (Å²) in [7, 11) is 1.59. The van der Waals surface area contributed by atoms with Crippen molar-refractivity contribution >= 4 is 12.6 Å². The Morgan fingerprint density at radius 1 is 1.42 bits per heavy atom. The predicted octanol–water partition coefficient (Wildman–Crippen LogP) is 2.42. The zero-order valence-corrected chi connectivity index (χ0v) is 11.2. The van der Waals surface area contributed by atoms with E-state index in [2.05, 4.69) is 11.7 Å². The molecule has 0 fully saturated rings. The summed E-state index contributed by atoms with van der Waals surface area (Å²) in [6.45, 7) is 5.37. The van der Waals surface area contributed by atoms with E-state index in [1.54, 1.807) is 43.5 Å². The third-order valence-electron chi connectivity index (χ3n) is 2.67. The van der Waals surface area contributed by atoms with Crippen molar-refractivity contribution in [1.29, 1.82) is 0 Å². The molecule has 19 heavy (non-hydrogen) atoms. The second-order valence-electron chi connectivity index (χ2n) is 3.88. The van der Waals surface area contributed by atoms with Crippen LogP contribution in [0.4, 0.5) is 0 Å². The van der Waals surface area contributed by atoms with Gasteiger partial charge in [-0.1, -0.05) is 24.3 Å². The van der Waals surface area contributed by atoms with Gasteiger partial charge in [-0.05, 0) is 37.4 Å². The Labute approximate surface area is 113 Å². The Morgan fingerprint density at radius 2 is 2.05 bits per heavy atom. The largest absolute Gasteiger partial charge is 0.497 e. The Bertz CT molecular complexity index is 501. The number of benzene rings is 1. The molecule has 0 saturated carbocycles. The van der Waals surface area contributed by atoms with E-state index < -0.39 is 11.8 Å². The summed E-state index contributed by atoms with van der Waals surface area (Å²) in [5, 5.41) is 0. The monoisotopic (exact) mass is 258 g/mol. The number of carbonyl (C=O) groups excluding carboxylic acids is 1. The molecule has 0 radical (unpaired) electrons. The molecule has 2 N–H and O–H groups in total. The number of methoxy groups -OCH3 is 1. The molecule has 0 aromatic heterocycles. The first-order valence-electron chi connectivity index (χ1n) is 5.87. The summed E-state index contributed by atoms with van der Waals surface area (Å²) in [6, 6.07) is 7.15. The van der Waals surface area contributed by atoms with Crippen LogP contribution in [0.2, 0.25) is 0 Å². The van der Waals surface area contributed by atoms with Crippen LogP contribution >= 0.6 is 0 Å². The molecule has 0 heterocycles.